The molecule has 82 valence electrons. The Kier molecular flexibility index (Phi) is 3.28. The summed E-state index contributed by atoms with van der Waals surface area (Å²) in [6.07, 6.45) is 1.02. The van der Waals surface area contributed by atoms with Crippen molar-refractivity contribution in [1.29, 1.82) is 0 Å². The van der Waals surface area contributed by atoms with Crippen molar-refractivity contribution in [1.82, 2.24) is 15.3 Å². The molecule has 1 saturated heterocycles. The van der Waals surface area contributed by atoms with Crippen LogP contribution in [0, 0.1) is 13.8 Å². The zero-order valence-electron chi connectivity index (χ0n) is 9.29. The van der Waals surface area contributed by atoms with Crippen molar-refractivity contribution >= 4 is 0 Å². The number of rotatable bonds is 2. The van der Waals surface area contributed by atoms with E-state index in [1.165, 1.54) is 0 Å². The average molecular weight is 207 g/mol. The Bertz CT molecular complexity index is 314. The third kappa shape index (κ3) is 2.97. The molecule has 1 N–H and O–H groups in total. The molecule has 0 amide bonds. The van der Waals surface area contributed by atoms with Gasteiger partial charge in [0, 0.05) is 30.9 Å². The molecular weight excluding hydrogens is 190 g/mol. The molecule has 15 heavy (non-hydrogen) atoms. The van der Waals surface area contributed by atoms with Gasteiger partial charge >= 0.3 is 0 Å². The van der Waals surface area contributed by atoms with E-state index in [0.717, 1.165) is 43.3 Å². The Morgan fingerprint density at radius 3 is 2.73 bits per heavy atom. The van der Waals surface area contributed by atoms with Crippen LogP contribution in [-0.2, 0) is 11.2 Å². The van der Waals surface area contributed by atoms with Crippen molar-refractivity contribution in [3.05, 3.63) is 23.3 Å². The van der Waals surface area contributed by atoms with Crippen LogP contribution in [-0.4, -0.2) is 35.8 Å². The highest BCUT2D eigenvalue weighted by atomic mass is 16.5. The van der Waals surface area contributed by atoms with Crippen molar-refractivity contribution in [2.45, 2.75) is 26.4 Å². The summed E-state index contributed by atoms with van der Waals surface area (Å²) in [6, 6.07) is 1.99. The second-order valence-electron chi connectivity index (χ2n) is 3.97. The summed E-state index contributed by atoms with van der Waals surface area (Å²) in [5.74, 6) is 0.890. The third-order valence-corrected chi connectivity index (χ3v) is 2.44. The van der Waals surface area contributed by atoms with Crippen LogP contribution < -0.4 is 5.32 Å². The van der Waals surface area contributed by atoms with Gasteiger partial charge in [-0.25, -0.2) is 9.97 Å². The van der Waals surface area contributed by atoms with Gasteiger partial charge in [0.25, 0.3) is 0 Å². The molecule has 2 heterocycles. The standard InChI is InChI=1S/C11H17N3O/c1-8-5-9(2)14-11(13-8)6-10-7-12-3-4-15-10/h5,10,12H,3-4,6-7H2,1-2H3. The van der Waals surface area contributed by atoms with E-state index in [1.807, 2.05) is 19.9 Å². The topological polar surface area (TPSA) is 47.0 Å². The lowest BCUT2D eigenvalue weighted by Crippen LogP contribution is -2.39. The lowest BCUT2D eigenvalue weighted by atomic mass is 10.2. The number of aromatic nitrogens is 2. The number of nitrogens with zero attached hydrogens (tertiary/aromatic N) is 2. The van der Waals surface area contributed by atoms with Crippen LogP contribution in [0.15, 0.2) is 6.07 Å². The van der Waals surface area contributed by atoms with Crippen molar-refractivity contribution in [2.75, 3.05) is 19.7 Å². The summed E-state index contributed by atoms with van der Waals surface area (Å²) >= 11 is 0. The van der Waals surface area contributed by atoms with Crippen molar-refractivity contribution in [3.8, 4) is 0 Å². The average Bonchev–Trinajstić information content (AvgIpc) is 2.17. The molecule has 0 spiro atoms. The van der Waals surface area contributed by atoms with Crippen LogP contribution in [0.25, 0.3) is 0 Å². The summed E-state index contributed by atoms with van der Waals surface area (Å²) in [4.78, 5) is 8.82. The summed E-state index contributed by atoms with van der Waals surface area (Å²) in [6.45, 7) is 6.63. The minimum absolute atomic E-state index is 0.222. The van der Waals surface area contributed by atoms with E-state index in [0.29, 0.717) is 0 Å². The Morgan fingerprint density at radius 2 is 2.13 bits per heavy atom. The summed E-state index contributed by atoms with van der Waals surface area (Å²) < 4.78 is 5.62. The maximum atomic E-state index is 5.62. The summed E-state index contributed by atoms with van der Waals surface area (Å²) in [5, 5.41) is 3.30. The lowest BCUT2D eigenvalue weighted by Gasteiger charge is -2.23. The quantitative estimate of drug-likeness (QED) is 0.772. The zero-order valence-corrected chi connectivity index (χ0v) is 9.29. The van der Waals surface area contributed by atoms with Crippen LogP contribution in [0.3, 0.4) is 0 Å². The SMILES string of the molecule is Cc1cc(C)nc(CC2CNCCO2)n1. The van der Waals surface area contributed by atoms with E-state index in [2.05, 4.69) is 15.3 Å². The van der Waals surface area contributed by atoms with Gasteiger partial charge in [-0.1, -0.05) is 0 Å². The van der Waals surface area contributed by atoms with Crippen LogP contribution >= 0.6 is 0 Å². The molecular formula is C11H17N3O. The molecule has 0 saturated carbocycles. The minimum atomic E-state index is 0.222. The van der Waals surface area contributed by atoms with E-state index in [-0.39, 0.29) is 6.10 Å². The first kappa shape index (κ1) is 10.5. The molecule has 0 aliphatic carbocycles. The van der Waals surface area contributed by atoms with Gasteiger partial charge in [0.05, 0.1) is 12.7 Å². The summed E-state index contributed by atoms with van der Waals surface area (Å²) in [7, 11) is 0. The highest BCUT2D eigenvalue weighted by Gasteiger charge is 2.15. The first-order valence-electron chi connectivity index (χ1n) is 5.37. The minimum Gasteiger partial charge on any atom is -0.375 e. The molecule has 2 rings (SSSR count). The van der Waals surface area contributed by atoms with Gasteiger partial charge < -0.3 is 10.1 Å². The monoisotopic (exact) mass is 207 g/mol. The van der Waals surface area contributed by atoms with E-state index in [4.69, 9.17) is 4.74 Å². The molecule has 0 bridgehead atoms. The number of hydrogen-bond donors (Lipinski definition) is 1. The fraction of sp³-hybridized carbons (Fsp3) is 0.636. The first-order valence-corrected chi connectivity index (χ1v) is 5.37. The highest BCUT2D eigenvalue weighted by Crippen LogP contribution is 2.05. The maximum Gasteiger partial charge on any atom is 0.131 e. The van der Waals surface area contributed by atoms with Crippen LogP contribution in [0.4, 0.5) is 0 Å². The smallest absolute Gasteiger partial charge is 0.131 e. The molecule has 1 aromatic rings. The molecule has 0 radical (unpaired) electrons. The van der Waals surface area contributed by atoms with Crippen LogP contribution in [0.1, 0.15) is 17.2 Å². The van der Waals surface area contributed by atoms with Crippen molar-refractivity contribution in [3.63, 3.8) is 0 Å². The molecule has 1 aromatic heterocycles. The molecule has 0 aromatic carbocycles. The molecule has 1 fully saturated rings. The van der Waals surface area contributed by atoms with Gasteiger partial charge in [-0.2, -0.15) is 0 Å². The van der Waals surface area contributed by atoms with Gasteiger partial charge in [-0.05, 0) is 19.9 Å². The van der Waals surface area contributed by atoms with E-state index < -0.39 is 0 Å². The second-order valence-corrected chi connectivity index (χ2v) is 3.97. The first-order chi connectivity index (χ1) is 7.24. The fourth-order valence-corrected chi connectivity index (χ4v) is 1.84. The molecule has 1 atom stereocenters. The van der Waals surface area contributed by atoms with Crippen molar-refractivity contribution < 1.29 is 4.74 Å². The van der Waals surface area contributed by atoms with Gasteiger partial charge in [-0.15, -0.1) is 0 Å². The van der Waals surface area contributed by atoms with E-state index in [9.17, 15) is 0 Å². The maximum absolute atomic E-state index is 5.62. The second kappa shape index (κ2) is 4.68. The van der Waals surface area contributed by atoms with Crippen LogP contribution in [0.5, 0.6) is 0 Å². The molecule has 1 unspecified atom stereocenters. The van der Waals surface area contributed by atoms with Gasteiger partial charge in [0.1, 0.15) is 5.82 Å². The van der Waals surface area contributed by atoms with Crippen molar-refractivity contribution in [2.24, 2.45) is 0 Å². The third-order valence-electron chi connectivity index (χ3n) is 2.44. The number of ether oxygens (including phenoxy) is 1. The Morgan fingerprint density at radius 1 is 1.40 bits per heavy atom. The van der Waals surface area contributed by atoms with Gasteiger partial charge in [0.15, 0.2) is 0 Å². The number of aryl methyl sites for hydroxylation is 2. The summed E-state index contributed by atoms with van der Waals surface area (Å²) in [5.41, 5.74) is 2.06. The molecule has 1 aliphatic rings. The zero-order chi connectivity index (χ0) is 10.7. The Labute approximate surface area is 90.1 Å². The molecule has 1 aliphatic heterocycles. The predicted molar refractivity (Wildman–Crippen MR) is 57.8 cm³/mol. The Balaban J connectivity index is 2.02. The van der Waals surface area contributed by atoms with Crippen LogP contribution in [0.2, 0.25) is 0 Å². The van der Waals surface area contributed by atoms with Gasteiger partial charge in [-0.3, -0.25) is 0 Å². The van der Waals surface area contributed by atoms with E-state index >= 15 is 0 Å². The normalized spacial score (nSPS) is 21.6. The Hall–Kier alpha value is -1.00. The van der Waals surface area contributed by atoms with Gasteiger partial charge in [0.2, 0.25) is 0 Å². The number of nitrogens with one attached hydrogen (secondary N) is 1. The molecule has 4 heteroatoms. The number of hydrogen-bond acceptors (Lipinski definition) is 4. The lowest BCUT2D eigenvalue weighted by molar-refractivity contribution is 0.0280. The fourth-order valence-electron chi connectivity index (χ4n) is 1.84. The predicted octanol–water partition coefficient (Wildman–Crippen LogP) is 0.624. The highest BCUT2D eigenvalue weighted by molar-refractivity contribution is 5.08. The van der Waals surface area contributed by atoms with E-state index in [1.54, 1.807) is 0 Å². The number of morpholine rings is 1. The molecule has 4 nitrogen and oxygen atoms in total. The largest absolute Gasteiger partial charge is 0.375 e.